The van der Waals surface area contributed by atoms with Gasteiger partial charge in [-0.05, 0) is 30.3 Å². The van der Waals surface area contributed by atoms with Gasteiger partial charge < -0.3 is 31.2 Å². The molecule has 5 N–H and O–H groups in total. The molecule has 0 radical (unpaired) electrons. The topological polar surface area (TPSA) is 111 Å². The van der Waals surface area contributed by atoms with Crippen LogP contribution in [0, 0.1) is 11.6 Å². The number of hydrogen-bond acceptors (Lipinski definition) is 7. The van der Waals surface area contributed by atoms with E-state index in [1.807, 2.05) is 4.90 Å². The summed E-state index contributed by atoms with van der Waals surface area (Å²) in [7, 11) is 0. The molecule has 8 nitrogen and oxygen atoms in total. The fourth-order valence-corrected chi connectivity index (χ4v) is 4.17. The van der Waals surface area contributed by atoms with Crippen molar-refractivity contribution < 1.29 is 36.6 Å². The molecule has 38 heavy (non-hydrogen) atoms. The summed E-state index contributed by atoms with van der Waals surface area (Å²) in [6.45, 7) is 0.860. The summed E-state index contributed by atoms with van der Waals surface area (Å²) >= 11 is 6.16. The Morgan fingerprint density at radius 1 is 1.16 bits per heavy atom. The van der Waals surface area contributed by atoms with E-state index in [1.54, 1.807) is 11.0 Å². The maximum atomic E-state index is 14.6. The second-order valence-electron chi connectivity index (χ2n) is 8.73. The predicted octanol–water partition coefficient (Wildman–Crippen LogP) is 2.88. The minimum atomic E-state index is -4.24. The van der Waals surface area contributed by atoms with E-state index >= 15 is 0 Å². The molecule has 0 bridgehead atoms. The lowest BCUT2D eigenvalue weighted by molar-refractivity contribution is -0.138. The van der Waals surface area contributed by atoms with Gasteiger partial charge in [0, 0.05) is 55.4 Å². The number of rotatable bonds is 10. The van der Waals surface area contributed by atoms with Crippen LogP contribution < -0.4 is 21.3 Å². The molecule has 2 atom stereocenters. The van der Waals surface area contributed by atoms with Crippen molar-refractivity contribution in [3.05, 3.63) is 58.1 Å². The SMILES string of the molecule is NC(O)C(C=O)NCc1c(C(=O)Nc2ccc(Cl)cc2N2CCN(CCC(F)(F)F)CC2)ccc(F)c1F. The van der Waals surface area contributed by atoms with Gasteiger partial charge in [-0.15, -0.1) is 0 Å². The van der Waals surface area contributed by atoms with Crippen molar-refractivity contribution in [3.8, 4) is 0 Å². The number of amides is 1. The molecule has 0 aromatic heterocycles. The second kappa shape index (κ2) is 12.8. The van der Waals surface area contributed by atoms with Gasteiger partial charge >= 0.3 is 6.18 Å². The molecular formula is C24H27ClF5N5O3. The van der Waals surface area contributed by atoms with Gasteiger partial charge in [-0.25, -0.2) is 8.78 Å². The molecule has 208 valence electrons. The minimum Gasteiger partial charge on any atom is -0.377 e. The monoisotopic (exact) mass is 563 g/mol. The number of halogens is 6. The summed E-state index contributed by atoms with van der Waals surface area (Å²) in [5, 5.41) is 14.9. The lowest BCUT2D eigenvalue weighted by atomic mass is 10.0. The largest absolute Gasteiger partial charge is 0.390 e. The molecule has 1 heterocycles. The standard InChI is InChI=1S/C24H27ClF5N5O3/c25-14-1-4-18(20(11-14)35-9-7-34(8-10-35)6-5-24(28,29)30)33-23(38)15-2-3-17(26)21(27)16(15)12-32-19(13-36)22(31)37/h1-4,11,13,19,22,32,37H,5-10,12,31H2,(H,33,38). The number of nitrogens with one attached hydrogen (secondary N) is 2. The van der Waals surface area contributed by atoms with E-state index in [2.05, 4.69) is 10.6 Å². The van der Waals surface area contributed by atoms with Crippen LogP contribution >= 0.6 is 11.6 Å². The number of piperazine rings is 1. The lowest BCUT2D eigenvalue weighted by Crippen LogP contribution is -2.47. The van der Waals surface area contributed by atoms with Crippen LogP contribution in [0.2, 0.25) is 5.02 Å². The fraction of sp³-hybridized carbons (Fsp3) is 0.417. The number of carbonyl (C=O) groups excluding carboxylic acids is 2. The minimum absolute atomic E-state index is 0.116. The molecule has 2 aromatic rings. The molecule has 0 aliphatic carbocycles. The van der Waals surface area contributed by atoms with Crippen LogP contribution in [0.3, 0.4) is 0 Å². The van der Waals surface area contributed by atoms with Crippen LogP contribution in [0.25, 0.3) is 0 Å². The van der Waals surface area contributed by atoms with Crippen molar-refractivity contribution in [2.75, 3.05) is 42.9 Å². The first-order chi connectivity index (χ1) is 17.9. The van der Waals surface area contributed by atoms with E-state index in [9.17, 15) is 36.6 Å². The Balaban J connectivity index is 1.78. The molecule has 0 saturated carbocycles. The first-order valence-electron chi connectivity index (χ1n) is 11.6. The fourth-order valence-electron chi connectivity index (χ4n) is 4.01. The highest BCUT2D eigenvalue weighted by molar-refractivity contribution is 6.31. The quantitative estimate of drug-likeness (QED) is 0.200. The molecule has 0 spiro atoms. The van der Waals surface area contributed by atoms with E-state index in [1.165, 1.54) is 12.1 Å². The molecule has 1 saturated heterocycles. The highest BCUT2D eigenvalue weighted by Crippen LogP contribution is 2.31. The van der Waals surface area contributed by atoms with Gasteiger partial charge in [0.1, 0.15) is 18.6 Å². The Morgan fingerprint density at radius 3 is 2.45 bits per heavy atom. The van der Waals surface area contributed by atoms with Crippen molar-refractivity contribution in [3.63, 3.8) is 0 Å². The van der Waals surface area contributed by atoms with Gasteiger partial charge in [-0.3, -0.25) is 9.69 Å². The van der Waals surface area contributed by atoms with Crippen molar-refractivity contribution in [2.45, 2.75) is 31.4 Å². The number of aliphatic hydroxyl groups excluding tert-OH is 1. The van der Waals surface area contributed by atoms with Crippen molar-refractivity contribution in [2.24, 2.45) is 5.73 Å². The number of alkyl halides is 3. The van der Waals surface area contributed by atoms with E-state index in [0.717, 1.165) is 12.1 Å². The number of carbonyl (C=O) groups is 2. The third kappa shape index (κ3) is 7.84. The molecule has 2 aromatic carbocycles. The number of nitrogens with two attached hydrogens (primary N) is 1. The van der Waals surface area contributed by atoms with E-state index in [4.69, 9.17) is 17.3 Å². The van der Waals surface area contributed by atoms with Gasteiger partial charge in [-0.1, -0.05) is 11.6 Å². The molecule has 2 unspecified atom stereocenters. The zero-order valence-corrected chi connectivity index (χ0v) is 20.8. The third-order valence-corrected chi connectivity index (χ3v) is 6.34. The number of hydrogen-bond donors (Lipinski definition) is 4. The van der Waals surface area contributed by atoms with Gasteiger partial charge in [0.15, 0.2) is 11.6 Å². The second-order valence-corrected chi connectivity index (χ2v) is 9.17. The Bertz CT molecular complexity index is 1140. The summed E-state index contributed by atoms with van der Waals surface area (Å²) < 4.78 is 66.3. The number of nitrogens with zero attached hydrogens (tertiary/aromatic N) is 2. The molecule has 3 rings (SSSR count). The number of benzene rings is 2. The van der Waals surface area contributed by atoms with Crippen molar-refractivity contribution in [1.82, 2.24) is 10.2 Å². The lowest BCUT2D eigenvalue weighted by Gasteiger charge is -2.37. The van der Waals surface area contributed by atoms with Crippen LogP contribution in [0.15, 0.2) is 30.3 Å². The van der Waals surface area contributed by atoms with Crippen molar-refractivity contribution >= 4 is 35.2 Å². The maximum absolute atomic E-state index is 14.6. The Labute approximate surface area is 220 Å². The molecule has 1 fully saturated rings. The van der Waals surface area contributed by atoms with E-state index < -0.39 is 49.0 Å². The van der Waals surface area contributed by atoms with Crippen LogP contribution in [0.5, 0.6) is 0 Å². The molecule has 14 heteroatoms. The normalized spacial score (nSPS) is 16.3. The zero-order valence-electron chi connectivity index (χ0n) is 20.1. The van der Waals surface area contributed by atoms with Gasteiger partial charge in [0.25, 0.3) is 5.91 Å². The Morgan fingerprint density at radius 2 is 1.84 bits per heavy atom. The van der Waals surface area contributed by atoms with Crippen LogP contribution in [0.1, 0.15) is 22.3 Å². The van der Waals surface area contributed by atoms with Crippen LogP contribution in [-0.4, -0.2) is 73.4 Å². The summed E-state index contributed by atoms with van der Waals surface area (Å²) in [6.07, 6.45) is -6.46. The smallest absolute Gasteiger partial charge is 0.377 e. The van der Waals surface area contributed by atoms with E-state index in [0.29, 0.717) is 48.9 Å². The molecule has 1 aliphatic heterocycles. The summed E-state index contributed by atoms with van der Waals surface area (Å²) in [6, 6.07) is 5.21. The first kappa shape index (κ1) is 29.7. The first-order valence-corrected chi connectivity index (χ1v) is 12.0. The summed E-state index contributed by atoms with van der Waals surface area (Å²) in [5.74, 6) is -3.32. The average molecular weight is 564 g/mol. The predicted molar refractivity (Wildman–Crippen MR) is 132 cm³/mol. The number of aliphatic hydroxyl groups is 1. The zero-order chi connectivity index (χ0) is 28.0. The third-order valence-electron chi connectivity index (χ3n) is 6.10. The summed E-state index contributed by atoms with van der Waals surface area (Å²) in [4.78, 5) is 27.8. The summed E-state index contributed by atoms with van der Waals surface area (Å²) in [5.41, 5.74) is 5.46. The average Bonchev–Trinajstić information content (AvgIpc) is 2.86. The van der Waals surface area contributed by atoms with E-state index in [-0.39, 0.29) is 17.7 Å². The maximum Gasteiger partial charge on any atom is 0.390 e. The highest BCUT2D eigenvalue weighted by Gasteiger charge is 2.29. The van der Waals surface area contributed by atoms with Crippen LogP contribution in [-0.2, 0) is 11.3 Å². The highest BCUT2D eigenvalue weighted by atomic mass is 35.5. The van der Waals surface area contributed by atoms with Gasteiger partial charge in [0.2, 0.25) is 0 Å². The number of anilines is 2. The molecule has 1 amide bonds. The van der Waals surface area contributed by atoms with Crippen molar-refractivity contribution in [1.29, 1.82) is 0 Å². The molecule has 1 aliphatic rings. The Hall–Kier alpha value is -2.84. The molecular weight excluding hydrogens is 537 g/mol. The Kier molecular flexibility index (Phi) is 10.0. The number of aldehydes is 1. The van der Waals surface area contributed by atoms with Crippen LogP contribution in [0.4, 0.5) is 33.3 Å². The van der Waals surface area contributed by atoms with Gasteiger partial charge in [0.05, 0.1) is 17.8 Å². The van der Waals surface area contributed by atoms with Gasteiger partial charge in [-0.2, -0.15) is 13.2 Å².